The molecule has 4 aromatic carbocycles. The third-order valence-corrected chi connectivity index (χ3v) is 10.3. The second-order valence-corrected chi connectivity index (χ2v) is 12.9. The van der Waals surface area contributed by atoms with E-state index >= 15 is 0 Å². The lowest BCUT2D eigenvalue weighted by Crippen LogP contribution is -2.59. The highest BCUT2D eigenvalue weighted by Crippen LogP contribution is 2.43. The molecule has 0 amide bonds. The second-order valence-electron chi connectivity index (χ2n) is 12.5. The molecule has 4 heterocycles. The van der Waals surface area contributed by atoms with Crippen molar-refractivity contribution in [2.24, 2.45) is 11.8 Å². The van der Waals surface area contributed by atoms with Gasteiger partial charge in [0.15, 0.2) is 5.11 Å². The van der Waals surface area contributed by atoms with Crippen molar-refractivity contribution in [3.8, 4) is 5.75 Å². The van der Waals surface area contributed by atoms with Crippen LogP contribution in [-0.2, 0) is 5.54 Å². The molecule has 3 saturated heterocycles. The van der Waals surface area contributed by atoms with Crippen LogP contribution in [0.5, 0.6) is 5.75 Å². The van der Waals surface area contributed by atoms with Crippen LogP contribution in [-0.4, -0.2) is 41.2 Å². The van der Waals surface area contributed by atoms with E-state index in [1.807, 2.05) is 18.3 Å². The molecular weight excluding hydrogens is 585 g/mol. The van der Waals surface area contributed by atoms with E-state index in [9.17, 15) is 0 Å². The highest BCUT2D eigenvalue weighted by molar-refractivity contribution is 7.80. The number of ether oxygens (including phenoxy) is 1. The topological polar surface area (TPSA) is 49.4 Å². The van der Waals surface area contributed by atoms with Gasteiger partial charge >= 0.3 is 0 Å². The summed E-state index contributed by atoms with van der Waals surface area (Å²) in [7, 11) is 1.71. The van der Waals surface area contributed by atoms with E-state index in [-0.39, 0.29) is 12.1 Å². The molecule has 2 bridgehead atoms. The minimum atomic E-state index is -0.720. The molecule has 1 aromatic heterocycles. The lowest BCUT2D eigenvalue weighted by molar-refractivity contribution is 0.00425. The summed E-state index contributed by atoms with van der Waals surface area (Å²) < 4.78 is 5.67. The molecular formula is C40H40N4OS. The zero-order valence-electron chi connectivity index (χ0n) is 26.2. The normalized spacial score (nSPS) is 21.3. The molecule has 5 atom stereocenters. The first-order valence-corrected chi connectivity index (χ1v) is 16.6. The molecule has 3 unspecified atom stereocenters. The Bertz CT molecular complexity index is 1720. The molecule has 0 aliphatic carbocycles. The van der Waals surface area contributed by atoms with Crippen LogP contribution < -0.4 is 15.4 Å². The lowest BCUT2D eigenvalue weighted by atomic mass is 9.73. The van der Waals surface area contributed by atoms with Crippen molar-refractivity contribution < 1.29 is 4.74 Å². The molecule has 3 fully saturated rings. The number of hydrogen-bond donors (Lipinski definition) is 2. The SMILES string of the molecule is C=CC1CN2CCC1C[C@H]2[C@@H](NC(=S)NC(c1ccccc1)(c1ccccc1)c1ccccc1)c1ccnc2ccc(OC)cc12. The Morgan fingerprint density at radius 3 is 2.11 bits per heavy atom. The summed E-state index contributed by atoms with van der Waals surface area (Å²) >= 11 is 6.35. The molecule has 6 heteroatoms. The van der Waals surface area contributed by atoms with Gasteiger partial charge in [-0.1, -0.05) is 97.1 Å². The monoisotopic (exact) mass is 624 g/mol. The van der Waals surface area contributed by atoms with E-state index < -0.39 is 5.54 Å². The summed E-state index contributed by atoms with van der Waals surface area (Å²) in [6.45, 7) is 6.27. The zero-order valence-corrected chi connectivity index (χ0v) is 27.0. The maximum atomic E-state index is 6.35. The Balaban J connectivity index is 1.33. The third-order valence-electron chi connectivity index (χ3n) is 10.1. The number of methoxy groups -OCH3 is 1. The van der Waals surface area contributed by atoms with Crippen molar-refractivity contribution in [3.63, 3.8) is 0 Å². The van der Waals surface area contributed by atoms with Crippen LogP contribution in [0.1, 0.15) is 41.1 Å². The first kappa shape index (κ1) is 30.2. The standard InChI is InChI=1S/C40H40N4OS/c1-3-28-27-44-24-22-29(28)25-37(44)38(34-21-23-41-36-20-19-33(45-2)26-35(34)36)42-39(46)43-40(30-13-7-4-8-14-30,31-15-9-5-10-16-31)32-17-11-6-12-18-32/h3-21,23,26,28-29,37-38H,1,22,24-25,27H2,2H3,(H2,42,43,46)/t28?,29?,37-,38-/m0/s1. The van der Waals surface area contributed by atoms with Crippen LogP contribution >= 0.6 is 12.2 Å². The molecule has 0 spiro atoms. The van der Waals surface area contributed by atoms with Gasteiger partial charge in [0.05, 0.1) is 18.7 Å². The summed E-state index contributed by atoms with van der Waals surface area (Å²) in [6, 6.07) is 40.2. The molecule has 3 aliphatic heterocycles. The molecule has 2 N–H and O–H groups in total. The van der Waals surface area contributed by atoms with Crippen LogP contribution in [0.25, 0.3) is 10.9 Å². The number of aromatic nitrogens is 1. The average molecular weight is 625 g/mol. The summed E-state index contributed by atoms with van der Waals surface area (Å²) in [5, 5.41) is 9.47. The molecule has 8 rings (SSSR count). The van der Waals surface area contributed by atoms with E-state index in [2.05, 4.69) is 131 Å². The second kappa shape index (κ2) is 13.1. The molecule has 5 aromatic rings. The van der Waals surface area contributed by atoms with Gasteiger partial charge in [-0.3, -0.25) is 9.88 Å². The third kappa shape index (κ3) is 5.57. The Hall–Kier alpha value is -4.52. The predicted molar refractivity (Wildman–Crippen MR) is 191 cm³/mol. The van der Waals surface area contributed by atoms with Gasteiger partial charge in [-0.05, 0) is 90.0 Å². The number of hydrogen-bond acceptors (Lipinski definition) is 4. The van der Waals surface area contributed by atoms with Crippen molar-refractivity contribution >= 4 is 28.2 Å². The van der Waals surface area contributed by atoms with Crippen LogP contribution in [0, 0.1) is 11.8 Å². The fraction of sp³-hybridized carbons (Fsp3) is 0.250. The smallest absolute Gasteiger partial charge is 0.168 e. The Labute approximate surface area is 277 Å². The summed E-state index contributed by atoms with van der Waals surface area (Å²) in [5.74, 6) is 1.94. The fourth-order valence-corrected chi connectivity index (χ4v) is 8.06. The van der Waals surface area contributed by atoms with Crippen LogP contribution in [0.3, 0.4) is 0 Å². The summed E-state index contributed by atoms with van der Waals surface area (Å²) in [5.41, 5.74) is 4.73. The highest BCUT2D eigenvalue weighted by Gasteiger charge is 2.44. The number of thiocarbonyl (C=S) groups is 1. The molecule has 3 aliphatic rings. The molecule has 232 valence electrons. The number of nitrogens with zero attached hydrogens (tertiary/aromatic N) is 2. The Morgan fingerprint density at radius 2 is 1.57 bits per heavy atom. The van der Waals surface area contributed by atoms with Gasteiger partial charge in [-0.25, -0.2) is 0 Å². The highest BCUT2D eigenvalue weighted by atomic mass is 32.1. The van der Waals surface area contributed by atoms with Crippen LogP contribution in [0.2, 0.25) is 0 Å². The number of fused-ring (bicyclic) bond motifs is 4. The van der Waals surface area contributed by atoms with Crippen LogP contribution in [0.4, 0.5) is 0 Å². The van der Waals surface area contributed by atoms with Gasteiger partial charge in [0.2, 0.25) is 0 Å². The largest absolute Gasteiger partial charge is 0.497 e. The number of piperidine rings is 3. The minimum Gasteiger partial charge on any atom is -0.497 e. The minimum absolute atomic E-state index is 0.0776. The average Bonchev–Trinajstić information content (AvgIpc) is 3.13. The van der Waals surface area contributed by atoms with Crippen molar-refractivity contribution in [1.29, 1.82) is 0 Å². The van der Waals surface area contributed by atoms with Crippen molar-refractivity contribution in [3.05, 3.63) is 156 Å². The summed E-state index contributed by atoms with van der Waals surface area (Å²) in [6.07, 6.45) is 6.35. The Morgan fingerprint density at radius 1 is 0.935 bits per heavy atom. The number of pyridine rings is 1. The Kier molecular flexibility index (Phi) is 8.57. The van der Waals surface area contributed by atoms with Gasteiger partial charge in [0.1, 0.15) is 11.3 Å². The van der Waals surface area contributed by atoms with Crippen molar-refractivity contribution in [2.45, 2.75) is 30.5 Å². The van der Waals surface area contributed by atoms with Gasteiger partial charge in [0.25, 0.3) is 0 Å². The molecule has 46 heavy (non-hydrogen) atoms. The van der Waals surface area contributed by atoms with Gasteiger partial charge in [0, 0.05) is 24.2 Å². The van der Waals surface area contributed by atoms with E-state index in [4.69, 9.17) is 21.9 Å². The summed E-state index contributed by atoms with van der Waals surface area (Å²) in [4.78, 5) is 7.35. The number of nitrogens with one attached hydrogen (secondary N) is 2. The molecule has 0 radical (unpaired) electrons. The van der Waals surface area contributed by atoms with Gasteiger partial charge in [-0.15, -0.1) is 6.58 Å². The van der Waals surface area contributed by atoms with E-state index in [0.29, 0.717) is 16.9 Å². The maximum absolute atomic E-state index is 6.35. The molecule has 5 nitrogen and oxygen atoms in total. The van der Waals surface area contributed by atoms with Crippen molar-refractivity contribution in [2.75, 3.05) is 20.2 Å². The quantitative estimate of drug-likeness (QED) is 0.0999. The number of benzene rings is 4. The fourth-order valence-electron chi connectivity index (χ4n) is 7.78. The maximum Gasteiger partial charge on any atom is 0.168 e. The van der Waals surface area contributed by atoms with E-state index in [1.165, 1.54) is 12.0 Å². The van der Waals surface area contributed by atoms with E-state index in [1.54, 1.807) is 7.11 Å². The van der Waals surface area contributed by atoms with Crippen LogP contribution in [0.15, 0.2) is 134 Å². The molecule has 0 saturated carbocycles. The van der Waals surface area contributed by atoms with Gasteiger partial charge < -0.3 is 15.4 Å². The van der Waals surface area contributed by atoms with E-state index in [0.717, 1.165) is 52.9 Å². The van der Waals surface area contributed by atoms with Gasteiger partial charge in [-0.2, -0.15) is 0 Å². The first-order chi connectivity index (χ1) is 22.6. The first-order valence-electron chi connectivity index (χ1n) is 16.1. The zero-order chi connectivity index (χ0) is 31.5. The van der Waals surface area contributed by atoms with Crippen molar-refractivity contribution in [1.82, 2.24) is 20.5 Å². The lowest BCUT2D eigenvalue weighted by Gasteiger charge is -2.52. The number of rotatable bonds is 9. The predicted octanol–water partition coefficient (Wildman–Crippen LogP) is 7.64.